The molecule has 88 valence electrons. The number of nitrogens with two attached hydrogens (primary N) is 1. The predicted molar refractivity (Wildman–Crippen MR) is 63.8 cm³/mol. The highest BCUT2D eigenvalue weighted by molar-refractivity contribution is 7.13. The fourth-order valence-corrected chi connectivity index (χ4v) is 4.01. The molecule has 0 bridgehead atoms. The third-order valence-corrected chi connectivity index (χ3v) is 4.98. The molecular weight excluding hydrogens is 222 g/mol. The smallest absolute Gasteiger partial charge is 0.273 e. The Morgan fingerprint density at radius 3 is 2.88 bits per heavy atom. The lowest BCUT2D eigenvalue weighted by molar-refractivity contribution is 0.172. The number of hydrogen-bond donors (Lipinski definition) is 2. The summed E-state index contributed by atoms with van der Waals surface area (Å²) in [6, 6.07) is 0.102. The summed E-state index contributed by atoms with van der Waals surface area (Å²) < 4.78 is 5.17. The molecule has 2 heterocycles. The van der Waals surface area contributed by atoms with Crippen LogP contribution < -0.4 is 15.8 Å². The van der Waals surface area contributed by atoms with Crippen molar-refractivity contribution >= 4 is 11.3 Å². The molecule has 1 fully saturated rings. The Bertz CT molecular complexity index is 398. The van der Waals surface area contributed by atoms with Crippen LogP contribution in [0.5, 0.6) is 5.19 Å². The summed E-state index contributed by atoms with van der Waals surface area (Å²) in [6.07, 6.45) is 3.42. The lowest BCUT2D eigenvalue weighted by Gasteiger charge is -2.37. The third kappa shape index (κ3) is 1.38. The van der Waals surface area contributed by atoms with Gasteiger partial charge in [-0.1, -0.05) is 11.3 Å². The Kier molecular flexibility index (Phi) is 2.42. The molecular formula is C11H17N3OS. The van der Waals surface area contributed by atoms with Crippen LogP contribution in [0.15, 0.2) is 0 Å². The maximum absolute atomic E-state index is 6.38. The number of rotatable bonds is 1. The van der Waals surface area contributed by atoms with Crippen molar-refractivity contribution in [3.8, 4) is 5.19 Å². The molecule has 0 radical (unpaired) electrons. The fourth-order valence-electron chi connectivity index (χ4n) is 2.93. The summed E-state index contributed by atoms with van der Waals surface area (Å²) in [5, 5.41) is 4.15. The van der Waals surface area contributed by atoms with Crippen LogP contribution in [0.2, 0.25) is 0 Å². The zero-order valence-corrected chi connectivity index (χ0v) is 10.3. The van der Waals surface area contributed by atoms with Crippen molar-refractivity contribution in [3.63, 3.8) is 0 Å². The fraction of sp³-hybridized carbons (Fsp3) is 0.727. The van der Waals surface area contributed by atoms with Crippen LogP contribution in [0.4, 0.5) is 0 Å². The SMILES string of the molecule is COc1nc2c(s1)CC1(CCNCC1)C2N. The van der Waals surface area contributed by atoms with Crippen LogP contribution in [-0.4, -0.2) is 25.2 Å². The molecule has 0 amide bonds. The normalized spacial score (nSPS) is 27.0. The van der Waals surface area contributed by atoms with Crippen LogP contribution in [-0.2, 0) is 6.42 Å². The number of methoxy groups -OCH3 is 1. The molecule has 1 aromatic rings. The highest BCUT2D eigenvalue weighted by Gasteiger charge is 2.47. The number of nitrogens with zero attached hydrogens (tertiary/aromatic N) is 1. The van der Waals surface area contributed by atoms with E-state index in [1.165, 1.54) is 17.7 Å². The zero-order valence-electron chi connectivity index (χ0n) is 9.45. The maximum atomic E-state index is 6.38. The lowest BCUT2D eigenvalue weighted by Crippen LogP contribution is -2.42. The molecule has 5 heteroatoms. The van der Waals surface area contributed by atoms with Crippen LogP contribution in [0.1, 0.15) is 29.5 Å². The van der Waals surface area contributed by atoms with E-state index in [9.17, 15) is 0 Å². The van der Waals surface area contributed by atoms with Crippen molar-refractivity contribution in [2.45, 2.75) is 25.3 Å². The predicted octanol–water partition coefficient (Wildman–Crippen LogP) is 1.08. The van der Waals surface area contributed by atoms with Crippen LogP contribution in [0.3, 0.4) is 0 Å². The van der Waals surface area contributed by atoms with Gasteiger partial charge in [-0.2, -0.15) is 0 Å². The minimum atomic E-state index is 0.102. The second kappa shape index (κ2) is 3.68. The lowest BCUT2D eigenvalue weighted by atomic mass is 9.74. The second-order valence-electron chi connectivity index (χ2n) is 4.76. The summed E-state index contributed by atoms with van der Waals surface area (Å²) >= 11 is 1.66. The molecule has 1 aromatic heterocycles. The van der Waals surface area contributed by atoms with Crippen LogP contribution in [0.25, 0.3) is 0 Å². The average Bonchev–Trinajstić information content (AvgIpc) is 2.80. The largest absolute Gasteiger partial charge is 0.473 e. The number of piperidine rings is 1. The van der Waals surface area contributed by atoms with Crippen molar-refractivity contribution in [1.29, 1.82) is 0 Å². The quantitative estimate of drug-likeness (QED) is 0.770. The van der Waals surface area contributed by atoms with E-state index in [4.69, 9.17) is 10.5 Å². The van der Waals surface area contributed by atoms with E-state index in [-0.39, 0.29) is 11.5 Å². The van der Waals surface area contributed by atoms with Gasteiger partial charge in [0.25, 0.3) is 5.19 Å². The molecule has 1 aliphatic carbocycles. The van der Waals surface area contributed by atoms with Gasteiger partial charge in [0.05, 0.1) is 18.8 Å². The molecule has 3 rings (SSSR count). The van der Waals surface area contributed by atoms with Gasteiger partial charge in [0.2, 0.25) is 0 Å². The van der Waals surface area contributed by atoms with E-state index in [0.29, 0.717) is 0 Å². The van der Waals surface area contributed by atoms with Gasteiger partial charge >= 0.3 is 0 Å². The topological polar surface area (TPSA) is 60.2 Å². The molecule has 0 saturated carbocycles. The highest BCUT2D eigenvalue weighted by atomic mass is 32.1. The van der Waals surface area contributed by atoms with E-state index in [0.717, 1.165) is 30.4 Å². The number of nitrogens with one attached hydrogen (secondary N) is 1. The molecule has 1 spiro atoms. The first-order valence-electron chi connectivity index (χ1n) is 5.75. The third-order valence-electron chi connectivity index (χ3n) is 3.95. The Labute approximate surface area is 99.2 Å². The Morgan fingerprint density at radius 1 is 1.50 bits per heavy atom. The molecule has 0 aromatic carbocycles. The average molecular weight is 239 g/mol. The van der Waals surface area contributed by atoms with E-state index in [2.05, 4.69) is 10.3 Å². The van der Waals surface area contributed by atoms with Crippen molar-refractivity contribution in [2.75, 3.05) is 20.2 Å². The first-order chi connectivity index (χ1) is 7.75. The molecule has 4 nitrogen and oxygen atoms in total. The molecule has 2 aliphatic rings. The Balaban J connectivity index is 1.91. The van der Waals surface area contributed by atoms with Crippen molar-refractivity contribution < 1.29 is 4.74 Å². The van der Waals surface area contributed by atoms with Gasteiger partial charge in [0.1, 0.15) is 0 Å². The molecule has 1 atom stereocenters. The number of hydrogen-bond acceptors (Lipinski definition) is 5. The minimum Gasteiger partial charge on any atom is -0.473 e. The molecule has 1 aliphatic heterocycles. The van der Waals surface area contributed by atoms with Crippen LogP contribution >= 0.6 is 11.3 Å². The molecule has 3 N–H and O–H groups in total. The van der Waals surface area contributed by atoms with Crippen molar-refractivity contribution in [1.82, 2.24) is 10.3 Å². The number of fused-ring (bicyclic) bond motifs is 1. The first kappa shape index (κ1) is 10.5. The Morgan fingerprint density at radius 2 is 2.25 bits per heavy atom. The first-order valence-corrected chi connectivity index (χ1v) is 6.57. The summed E-state index contributed by atoms with van der Waals surface area (Å²) in [6.45, 7) is 2.17. The zero-order chi connectivity index (χ0) is 11.2. The van der Waals surface area contributed by atoms with Gasteiger partial charge in [-0.25, -0.2) is 4.98 Å². The molecule has 1 unspecified atom stereocenters. The van der Waals surface area contributed by atoms with Gasteiger partial charge in [0.15, 0.2) is 0 Å². The van der Waals surface area contributed by atoms with E-state index in [1.807, 2.05) is 0 Å². The standard InChI is InChI=1S/C11H17N3OS/c1-15-10-14-8-7(16-10)6-11(9(8)12)2-4-13-5-3-11/h9,13H,2-6,12H2,1H3. The number of thiazole rings is 1. The summed E-state index contributed by atoms with van der Waals surface area (Å²) in [7, 11) is 1.67. The number of ether oxygens (including phenoxy) is 1. The summed E-state index contributed by atoms with van der Waals surface area (Å²) in [5.74, 6) is 0. The molecule has 16 heavy (non-hydrogen) atoms. The van der Waals surface area contributed by atoms with Gasteiger partial charge in [-0.15, -0.1) is 0 Å². The summed E-state index contributed by atoms with van der Waals surface area (Å²) in [5.41, 5.74) is 7.74. The van der Waals surface area contributed by atoms with E-state index in [1.54, 1.807) is 18.4 Å². The van der Waals surface area contributed by atoms with Crippen LogP contribution in [0, 0.1) is 5.41 Å². The monoisotopic (exact) mass is 239 g/mol. The second-order valence-corrected chi connectivity index (χ2v) is 5.81. The minimum absolute atomic E-state index is 0.102. The van der Waals surface area contributed by atoms with Crippen molar-refractivity contribution in [2.24, 2.45) is 11.1 Å². The summed E-state index contributed by atoms with van der Waals surface area (Å²) in [4.78, 5) is 5.83. The number of aromatic nitrogens is 1. The van der Waals surface area contributed by atoms with Gasteiger partial charge in [-0.05, 0) is 37.8 Å². The maximum Gasteiger partial charge on any atom is 0.273 e. The highest BCUT2D eigenvalue weighted by Crippen LogP contribution is 2.51. The van der Waals surface area contributed by atoms with Gasteiger partial charge < -0.3 is 15.8 Å². The van der Waals surface area contributed by atoms with Gasteiger partial charge in [0, 0.05) is 4.88 Å². The van der Waals surface area contributed by atoms with E-state index < -0.39 is 0 Å². The molecule has 1 saturated heterocycles. The Hall–Kier alpha value is -0.650. The van der Waals surface area contributed by atoms with E-state index >= 15 is 0 Å². The van der Waals surface area contributed by atoms with Crippen molar-refractivity contribution in [3.05, 3.63) is 10.6 Å². The van der Waals surface area contributed by atoms with Gasteiger partial charge in [-0.3, -0.25) is 0 Å².